The highest BCUT2D eigenvalue weighted by Crippen LogP contribution is 2.15. The van der Waals surface area contributed by atoms with E-state index in [1.54, 1.807) is 6.92 Å². The molecule has 3 nitrogen and oxygen atoms in total. The van der Waals surface area contributed by atoms with E-state index >= 15 is 0 Å². The Kier molecular flexibility index (Phi) is 17.1. The Labute approximate surface area is 150 Å². The van der Waals surface area contributed by atoms with E-state index in [2.05, 4.69) is 6.92 Å². The van der Waals surface area contributed by atoms with Gasteiger partial charge in [0.25, 0.3) is 0 Å². The van der Waals surface area contributed by atoms with E-state index in [1.807, 2.05) is 0 Å². The van der Waals surface area contributed by atoms with Crippen LogP contribution in [0, 0.1) is 0 Å². The summed E-state index contributed by atoms with van der Waals surface area (Å²) in [4.78, 5) is 10.8. The van der Waals surface area contributed by atoms with Crippen molar-refractivity contribution >= 4 is 5.78 Å². The smallest absolute Gasteiger partial charge is 0.129 e. The van der Waals surface area contributed by atoms with Crippen molar-refractivity contribution in [3.05, 3.63) is 0 Å². The third-order valence-corrected chi connectivity index (χ3v) is 4.79. The molecule has 0 spiro atoms. The Hall–Kier alpha value is -0.410. The molecular weight excluding hydrogens is 300 g/mol. The van der Waals surface area contributed by atoms with Crippen molar-refractivity contribution in [2.24, 2.45) is 0 Å². The van der Waals surface area contributed by atoms with Crippen molar-refractivity contribution in [3.8, 4) is 0 Å². The predicted octanol–water partition coefficient (Wildman–Crippen LogP) is 5.56. The van der Waals surface area contributed by atoms with Crippen molar-refractivity contribution in [1.29, 1.82) is 0 Å². The molecule has 2 unspecified atom stereocenters. The largest absolute Gasteiger partial charge is 0.393 e. The van der Waals surface area contributed by atoms with Gasteiger partial charge in [0.15, 0.2) is 0 Å². The number of ketones is 1. The maximum atomic E-state index is 10.8. The van der Waals surface area contributed by atoms with E-state index in [4.69, 9.17) is 0 Å². The molecule has 0 aromatic carbocycles. The topological polar surface area (TPSA) is 57.5 Å². The molecule has 0 aromatic rings. The van der Waals surface area contributed by atoms with Crippen molar-refractivity contribution in [3.63, 3.8) is 0 Å². The fourth-order valence-corrected chi connectivity index (χ4v) is 3.12. The van der Waals surface area contributed by atoms with Crippen LogP contribution in [0.5, 0.6) is 0 Å². The van der Waals surface area contributed by atoms with Gasteiger partial charge >= 0.3 is 0 Å². The Bertz CT molecular complexity index is 278. The summed E-state index contributed by atoms with van der Waals surface area (Å²) in [5.41, 5.74) is 0. The van der Waals surface area contributed by atoms with E-state index in [0.717, 1.165) is 64.2 Å². The van der Waals surface area contributed by atoms with Gasteiger partial charge < -0.3 is 15.0 Å². The molecular formula is C21H42O3. The number of aliphatic hydroxyl groups excluding tert-OH is 2. The Balaban J connectivity index is 3.34. The Morgan fingerprint density at radius 3 is 1.54 bits per heavy atom. The number of unbranched alkanes of at least 4 members (excludes halogenated alkanes) is 9. The molecule has 0 aliphatic rings. The molecule has 0 rings (SSSR count). The van der Waals surface area contributed by atoms with Crippen molar-refractivity contribution in [1.82, 2.24) is 0 Å². The van der Waals surface area contributed by atoms with Crippen LogP contribution in [0.15, 0.2) is 0 Å². The first-order valence-electron chi connectivity index (χ1n) is 10.4. The molecule has 0 bridgehead atoms. The van der Waals surface area contributed by atoms with Crippen molar-refractivity contribution in [2.75, 3.05) is 0 Å². The molecule has 0 aliphatic heterocycles. The van der Waals surface area contributed by atoms with Gasteiger partial charge in [-0.2, -0.15) is 0 Å². The summed E-state index contributed by atoms with van der Waals surface area (Å²) in [6, 6.07) is 0. The lowest BCUT2D eigenvalue weighted by Gasteiger charge is -2.14. The van der Waals surface area contributed by atoms with Crippen LogP contribution in [0.3, 0.4) is 0 Å². The zero-order valence-corrected chi connectivity index (χ0v) is 16.3. The van der Waals surface area contributed by atoms with E-state index in [9.17, 15) is 15.0 Å². The van der Waals surface area contributed by atoms with Gasteiger partial charge in [-0.1, -0.05) is 71.1 Å². The average Bonchev–Trinajstić information content (AvgIpc) is 2.55. The second kappa shape index (κ2) is 17.4. The minimum absolute atomic E-state index is 0.239. The summed E-state index contributed by atoms with van der Waals surface area (Å²) < 4.78 is 0. The highest BCUT2D eigenvalue weighted by atomic mass is 16.3. The zero-order valence-electron chi connectivity index (χ0n) is 16.3. The van der Waals surface area contributed by atoms with Crippen LogP contribution >= 0.6 is 0 Å². The lowest BCUT2D eigenvalue weighted by atomic mass is 10.00. The van der Waals surface area contributed by atoms with E-state index in [-0.39, 0.29) is 18.0 Å². The monoisotopic (exact) mass is 342 g/mol. The number of rotatable bonds is 18. The van der Waals surface area contributed by atoms with Gasteiger partial charge in [-0.15, -0.1) is 0 Å². The van der Waals surface area contributed by atoms with Crippen LogP contribution in [0.4, 0.5) is 0 Å². The number of aliphatic hydroxyl groups is 2. The Morgan fingerprint density at radius 1 is 0.667 bits per heavy atom. The fourth-order valence-electron chi connectivity index (χ4n) is 3.12. The summed E-state index contributed by atoms with van der Waals surface area (Å²) >= 11 is 0. The molecule has 0 saturated carbocycles. The number of Topliss-reactive ketones (excluding diaryl/α,β-unsaturated/α-hetero) is 1. The van der Waals surface area contributed by atoms with E-state index in [0.29, 0.717) is 6.42 Å². The second-order valence-corrected chi connectivity index (χ2v) is 7.45. The molecule has 0 radical (unpaired) electrons. The van der Waals surface area contributed by atoms with Crippen LogP contribution in [-0.2, 0) is 4.79 Å². The number of carbonyl (C=O) groups is 1. The van der Waals surface area contributed by atoms with Gasteiger partial charge in [-0.05, 0) is 39.0 Å². The second-order valence-electron chi connectivity index (χ2n) is 7.45. The SMILES string of the molecule is CCCCCCCCC(O)CCC(O)CCCCCCCC(C)=O. The zero-order chi connectivity index (χ0) is 18.0. The maximum Gasteiger partial charge on any atom is 0.129 e. The molecule has 2 atom stereocenters. The van der Waals surface area contributed by atoms with Gasteiger partial charge in [-0.25, -0.2) is 0 Å². The van der Waals surface area contributed by atoms with Crippen LogP contribution in [0.2, 0.25) is 0 Å². The molecule has 3 heteroatoms. The van der Waals surface area contributed by atoms with Crippen LogP contribution in [0.1, 0.15) is 117 Å². The summed E-state index contributed by atoms with van der Waals surface area (Å²) in [5, 5.41) is 20.0. The molecule has 0 fully saturated rings. The van der Waals surface area contributed by atoms with Crippen molar-refractivity contribution < 1.29 is 15.0 Å². The number of carbonyl (C=O) groups excluding carboxylic acids is 1. The number of hydrogen-bond acceptors (Lipinski definition) is 3. The highest BCUT2D eigenvalue weighted by Gasteiger charge is 2.09. The summed E-state index contributed by atoms with van der Waals surface area (Å²) in [7, 11) is 0. The molecule has 144 valence electrons. The molecule has 0 aliphatic carbocycles. The van der Waals surface area contributed by atoms with Gasteiger partial charge in [-0.3, -0.25) is 0 Å². The molecule has 0 heterocycles. The molecule has 0 saturated heterocycles. The average molecular weight is 343 g/mol. The molecule has 2 N–H and O–H groups in total. The minimum atomic E-state index is -0.263. The van der Waals surface area contributed by atoms with Gasteiger partial charge in [0.2, 0.25) is 0 Å². The van der Waals surface area contributed by atoms with Gasteiger partial charge in [0.1, 0.15) is 5.78 Å². The third-order valence-electron chi connectivity index (χ3n) is 4.79. The first kappa shape index (κ1) is 23.6. The maximum absolute atomic E-state index is 10.8. The molecule has 0 aromatic heterocycles. The summed E-state index contributed by atoms with van der Waals surface area (Å²) in [5.74, 6) is 0.282. The molecule has 24 heavy (non-hydrogen) atoms. The first-order chi connectivity index (χ1) is 11.6. The van der Waals surface area contributed by atoms with Gasteiger partial charge in [0.05, 0.1) is 12.2 Å². The highest BCUT2D eigenvalue weighted by molar-refractivity contribution is 5.75. The van der Waals surface area contributed by atoms with Crippen molar-refractivity contribution in [2.45, 2.75) is 129 Å². The van der Waals surface area contributed by atoms with E-state index < -0.39 is 0 Å². The first-order valence-corrected chi connectivity index (χ1v) is 10.4. The normalized spacial score (nSPS) is 13.8. The van der Waals surface area contributed by atoms with Crippen LogP contribution in [0.25, 0.3) is 0 Å². The van der Waals surface area contributed by atoms with E-state index in [1.165, 1.54) is 32.1 Å². The summed E-state index contributed by atoms with van der Waals surface area (Å²) in [6.07, 6.45) is 16.4. The third kappa shape index (κ3) is 17.9. The predicted molar refractivity (Wildman–Crippen MR) is 102 cm³/mol. The standard InChI is InChI=1S/C21H42O3/c1-3-4-5-6-9-12-15-20(23)17-18-21(24)16-13-10-7-8-11-14-19(2)22/h20-21,23-24H,3-18H2,1-2H3. The Morgan fingerprint density at radius 2 is 1.08 bits per heavy atom. The summed E-state index contributed by atoms with van der Waals surface area (Å²) in [6.45, 7) is 3.88. The fraction of sp³-hybridized carbons (Fsp3) is 0.952. The number of hydrogen-bond donors (Lipinski definition) is 2. The van der Waals surface area contributed by atoms with Crippen LogP contribution in [-0.4, -0.2) is 28.2 Å². The molecule has 0 amide bonds. The quantitative estimate of drug-likeness (QED) is 0.321. The van der Waals surface area contributed by atoms with Gasteiger partial charge in [0, 0.05) is 6.42 Å². The van der Waals surface area contributed by atoms with Crippen LogP contribution < -0.4 is 0 Å². The lowest BCUT2D eigenvalue weighted by molar-refractivity contribution is -0.117. The lowest BCUT2D eigenvalue weighted by Crippen LogP contribution is -2.13. The minimum Gasteiger partial charge on any atom is -0.393 e.